The lowest BCUT2D eigenvalue weighted by Gasteiger charge is -2.36. The molecule has 172 valence electrons. The number of benzene rings is 1. The lowest BCUT2D eigenvalue weighted by molar-refractivity contribution is -0.132. The van der Waals surface area contributed by atoms with Crippen LogP contribution in [0.1, 0.15) is 20.3 Å². The number of hydrogen-bond acceptors (Lipinski definition) is 6. The number of nitrogens with one attached hydrogen (secondary N) is 1. The molecule has 2 aromatic rings. The van der Waals surface area contributed by atoms with Gasteiger partial charge in [-0.05, 0) is 37.6 Å². The molecule has 0 aliphatic carbocycles. The summed E-state index contributed by atoms with van der Waals surface area (Å²) >= 11 is 0. The Bertz CT molecular complexity index is 897. The topological polar surface area (TPSA) is 90.9 Å². The molecular weight excluding hydrogens is 408 g/mol. The van der Waals surface area contributed by atoms with E-state index in [1.54, 1.807) is 12.0 Å². The number of urea groups is 1. The van der Waals surface area contributed by atoms with Gasteiger partial charge in [0.1, 0.15) is 12.3 Å². The summed E-state index contributed by atoms with van der Waals surface area (Å²) in [5.41, 5.74) is 1.73. The van der Waals surface area contributed by atoms with Gasteiger partial charge in [-0.3, -0.25) is 4.79 Å². The maximum atomic E-state index is 12.7. The Morgan fingerprint density at radius 3 is 2.50 bits per heavy atom. The van der Waals surface area contributed by atoms with Crippen molar-refractivity contribution < 1.29 is 14.3 Å². The van der Waals surface area contributed by atoms with Gasteiger partial charge in [-0.1, -0.05) is 19.1 Å². The number of carbonyl (C=O) groups is 2. The molecule has 1 aliphatic rings. The third-order valence-corrected chi connectivity index (χ3v) is 5.41. The molecule has 0 bridgehead atoms. The molecule has 1 aliphatic heterocycles. The van der Waals surface area contributed by atoms with Crippen LogP contribution in [0.25, 0.3) is 11.3 Å². The molecule has 32 heavy (non-hydrogen) atoms. The predicted molar refractivity (Wildman–Crippen MR) is 124 cm³/mol. The van der Waals surface area contributed by atoms with Crippen molar-refractivity contribution in [1.29, 1.82) is 0 Å². The van der Waals surface area contributed by atoms with Crippen molar-refractivity contribution in [2.75, 3.05) is 57.8 Å². The third-order valence-electron chi connectivity index (χ3n) is 5.41. The third kappa shape index (κ3) is 5.87. The molecule has 1 N–H and O–H groups in total. The van der Waals surface area contributed by atoms with Crippen molar-refractivity contribution in [3.8, 4) is 17.0 Å². The van der Waals surface area contributed by atoms with E-state index in [1.807, 2.05) is 55.1 Å². The van der Waals surface area contributed by atoms with Gasteiger partial charge in [-0.15, -0.1) is 10.2 Å². The summed E-state index contributed by atoms with van der Waals surface area (Å²) in [5.74, 6) is 1.54. The van der Waals surface area contributed by atoms with E-state index >= 15 is 0 Å². The minimum atomic E-state index is -0.187. The quantitative estimate of drug-likeness (QED) is 0.677. The zero-order chi connectivity index (χ0) is 22.9. The van der Waals surface area contributed by atoms with Crippen molar-refractivity contribution in [3.63, 3.8) is 0 Å². The molecule has 3 rings (SSSR count). The first-order valence-electron chi connectivity index (χ1n) is 11.1. The van der Waals surface area contributed by atoms with Crippen molar-refractivity contribution in [2.24, 2.45) is 0 Å². The summed E-state index contributed by atoms with van der Waals surface area (Å²) in [6.45, 7) is 7.61. The lowest BCUT2D eigenvalue weighted by Crippen LogP contribution is -2.53. The second-order valence-corrected chi connectivity index (χ2v) is 7.63. The fourth-order valence-corrected chi connectivity index (χ4v) is 3.66. The van der Waals surface area contributed by atoms with Crippen LogP contribution in [0.15, 0.2) is 36.4 Å². The zero-order valence-corrected chi connectivity index (χ0v) is 19.1. The summed E-state index contributed by atoms with van der Waals surface area (Å²) in [6.07, 6.45) is 0.808. The Labute approximate surface area is 189 Å². The van der Waals surface area contributed by atoms with Crippen molar-refractivity contribution >= 4 is 17.8 Å². The first-order valence-corrected chi connectivity index (χ1v) is 11.1. The Morgan fingerprint density at radius 2 is 1.88 bits per heavy atom. The number of rotatable bonds is 8. The number of aromatic nitrogens is 2. The summed E-state index contributed by atoms with van der Waals surface area (Å²) in [5, 5.41) is 11.5. The molecule has 3 amide bonds. The first kappa shape index (κ1) is 23.3. The standard InChI is InChI=1S/C23H32N6O3/c1-4-11-29(23(31)24-5-2)17-22(30)28-14-12-27(13-15-28)21-10-9-20(25-26-21)18-7-6-8-19(16-18)32-3/h6-10,16H,4-5,11-15,17H2,1-3H3,(H,24,31). The minimum Gasteiger partial charge on any atom is -0.497 e. The van der Waals surface area contributed by atoms with E-state index in [-0.39, 0.29) is 18.5 Å². The van der Waals surface area contributed by atoms with E-state index in [2.05, 4.69) is 20.4 Å². The summed E-state index contributed by atoms with van der Waals surface area (Å²) in [4.78, 5) is 30.4. The molecule has 9 nitrogen and oxygen atoms in total. The molecule has 0 unspecified atom stereocenters. The Balaban J connectivity index is 1.55. The number of piperazine rings is 1. The highest BCUT2D eigenvalue weighted by molar-refractivity contribution is 5.84. The van der Waals surface area contributed by atoms with Crippen LogP contribution in [0.4, 0.5) is 10.6 Å². The summed E-state index contributed by atoms with van der Waals surface area (Å²) in [7, 11) is 1.64. The first-order chi connectivity index (χ1) is 15.5. The van der Waals surface area contributed by atoms with E-state index in [0.29, 0.717) is 39.3 Å². The predicted octanol–water partition coefficient (Wildman–Crippen LogP) is 2.24. The number of carbonyl (C=O) groups excluding carboxylic acids is 2. The highest BCUT2D eigenvalue weighted by Crippen LogP contribution is 2.23. The molecular formula is C23H32N6O3. The van der Waals surface area contributed by atoms with Crippen LogP contribution in [0.3, 0.4) is 0 Å². The van der Waals surface area contributed by atoms with Crippen molar-refractivity contribution in [2.45, 2.75) is 20.3 Å². The largest absolute Gasteiger partial charge is 0.497 e. The number of ether oxygens (including phenoxy) is 1. The molecule has 1 fully saturated rings. The average Bonchev–Trinajstić information content (AvgIpc) is 2.84. The second-order valence-electron chi connectivity index (χ2n) is 7.63. The highest BCUT2D eigenvalue weighted by Gasteiger charge is 2.25. The van der Waals surface area contributed by atoms with Crippen LogP contribution in [0, 0.1) is 0 Å². The Hall–Kier alpha value is -3.36. The molecule has 0 spiro atoms. The minimum absolute atomic E-state index is 0.0242. The summed E-state index contributed by atoms with van der Waals surface area (Å²) < 4.78 is 5.27. The van der Waals surface area contributed by atoms with E-state index in [1.165, 1.54) is 0 Å². The molecule has 1 saturated heterocycles. The highest BCUT2D eigenvalue weighted by atomic mass is 16.5. The van der Waals surface area contributed by atoms with Gasteiger partial charge in [-0.2, -0.15) is 0 Å². The number of methoxy groups -OCH3 is 1. The molecule has 0 saturated carbocycles. The molecule has 9 heteroatoms. The van der Waals surface area contributed by atoms with Crippen molar-refractivity contribution in [1.82, 2.24) is 25.3 Å². The van der Waals surface area contributed by atoms with E-state index in [4.69, 9.17) is 4.74 Å². The van der Waals surface area contributed by atoms with Gasteiger partial charge in [0.15, 0.2) is 5.82 Å². The molecule has 0 radical (unpaired) electrons. The summed E-state index contributed by atoms with van der Waals surface area (Å²) in [6, 6.07) is 11.4. The van der Waals surface area contributed by atoms with Gasteiger partial charge < -0.3 is 24.8 Å². The van der Waals surface area contributed by atoms with Gasteiger partial charge >= 0.3 is 6.03 Å². The maximum absolute atomic E-state index is 12.7. The fourth-order valence-electron chi connectivity index (χ4n) is 3.66. The number of anilines is 1. The Kier molecular flexibility index (Phi) is 8.24. The number of hydrogen-bond donors (Lipinski definition) is 1. The maximum Gasteiger partial charge on any atom is 0.317 e. The van der Waals surface area contributed by atoms with E-state index in [9.17, 15) is 9.59 Å². The second kappa shape index (κ2) is 11.3. The van der Waals surface area contributed by atoms with Gasteiger partial charge in [0.05, 0.1) is 12.8 Å². The van der Waals surface area contributed by atoms with Crippen LogP contribution < -0.4 is 15.0 Å². The number of amides is 3. The molecule has 1 aromatic heterocycles. The monoisotopic (exact) mass is 440 g/mol. The number of nitrogens with zero attached hydrogens (tertiary/aromatic N) is 5. The van der Waals surface area contributed by atoms with Crippen molar-refractivity contribution in [3.05, 3.63) is 36.4 Å². The SMILES string of the molecule is CCCN(CC(=O)N1CCN(c2ccc(-c3cccc(OC)c3)nn2)CC1)C(=O)NCC. The smallest absolute Gasteiger partial charge is 0.317 e. The van der Waals surface area contributed by atoms with Crippen LogP contribution >= 0.6 is 0 Å². The Morgan fingerprint density at radius 1 is 1.09 bits per heavy atom. The van der Waals surface area contributed by atoms with E-state index in [0.717, 1.165) is 29.2 Å². The van der Waals surface area contributed by atoms with Crippen LogP contribution in [-0.4, -0.2) is 84.9 Å². The van der Waals surface area contributed by atoms with Crippen LogP contribution in [0.5, 0.6) is 5.75 Å². The van der Waals surface area contributed by atoms with Gasteiger partial charge in [0.25, 0.3) is 0 Å². The zero-order valence-electron chi connectivity index (χ0n) is 19.1. The molecule has 1 aromatic carbocycles. The lowest BCUT2D eigenvalue weighted by atomic mass is 10.1. The van der Waals surface area contributed by atoms with Crippen LogP contribution in [-0.2, 0) is 4.79 Å². The normalized spacial score (nSPS) is 13.6. The van der Waals surface area contributed by atoms with Gasteiger partial charge in [0, 0.05) is 44.8 Å². The average molecular weight is 441 g/mol. The van der Waals surface area contributed by atoms with Crippen LogP contribution in [0.2, 0.25) is 0 Å². The fraction of sp³-hybridized carbons (Fsp3) is 0.478. The molecule has 0 atom stereocenters. The van der Waals surface area contributed by atoms with Gasteiger partial charge in [-0.25, -0.2) is 4.79 Å². The molecule has 2 heterocycles. The van der Waals surface area contributed by atoms with Gasteiger partial charge in [0.2, 0.25) is 5.91 Å². The van der Waals surface area contributed by atoms with E-state index < -0.39 is 0 Å².